The van der Waals surface area contributed by atoms with Crippen molar-refractivity contribution in [3.8, 4) is 5.75 Å². The molecule has 0 aromatic heterocycles. The third-order valence-electron chi connectivity index (χ3n) is 3.19. The van der Waals surface area contributed by atoms with E-state index in [-0.39, 0.29) is 0 Å². The Balaban J connectivity index is 2.01. The van der Waals surface area contributed by atoms with Gasteiger partial charge in [0, 0.05) is 0 Å². The van der Waals surface area contributed by atoms with Gasteiger partial charge in [-0.25, -0.2) is 27.4 Å². The van der Waals surface area contributed by atoms with Crippen molar-refractivity contribution >= 4 is 12.1 Å². The van der Waals surface area contributed by atoms with Gasteiger partial charge in [-0.05, 0) is 37.1 Å². The Bertz CT molecular complexity index is 835. The number of amides is 1. The number of halogens is 5. The van der Waals surface area contributed by atoms with Crippen LogP contribution in [0.25, 0.3) is 0 Å². The summed E-state index contributed by atoms with van der Waals surface area (Å²) in [6, 6.07) is 5.29. The number of rotatable bonds is 5. The molecule has 0 aliphatic heterocycles. The Labute approximate surface area is 145 Å². The first kappa shape index (κ1) is 19.4. The van der Waals surface area contributed by atoms with E-state index < -0.39 is 47.2 Å². The van der Waals surface area contributed by atoms with Gasteiger partial charge in [-0.15, -0.1) is 0 Å². The molecule has 1 amide bonds. The molecule has 0 saturated heterocycles. The van der Waals surface area contributed by atoms with Crippen molar-refractivity contribution in [2.45, 2.75) is 13.8 Å². The molecule has 0 aliphatic rings. The van der Waals surface area contributed by atoms with Crippen LogP contribution in [0.3, 0.4) is 0 Å². The molecule has 1 N–H and O–H groups in total. The minimum Gasteiger partial charge on any atom is -0.484 e. The highest BCUT2D eigenvalue weighted by Crippen LogP contribution is 2.21. The van der Waals surface area contributed by atoms with Crippen LogP contribution in [-0.4, -0.2) is 18.7 Å². The lowest BCUT2D eigenvalue weighted by Crippen LogP contribution is -2.24. The zero-order valence-corrected chi connectivity index (χ0v) is 13.7. The van der Waals surface area contributed by atoms with Gasteiger partial charge in [-0.2, -0.15) is 5.10 Å². The van der Waals surface area contributed by atoms with Gasteiger partial charge in [0.1, 0.15) is 5.75 Å². The molecule has 0 heterocycles. The molecule has 2 aromatic rings. The molecule has 26 heavy (non-hydrogen) atoms. The van der Waals surface area contributed by atoms with E-state index in [1.165, 1.54) is 0 Å². The summed E-state index contributed by atoms with van der Waals surface area (Å²) in [5, 5.41) is 3.18. The molecule has 2 aromatic carbocycles. The number of carbonyl (C=O) groups excluding carboxylic acids is 1. The van der Waals surface area contributed by atoms with Crippen molar-refractivity contribution in [1.29, 1.82) is 0 Å². The highest BCUT2D eigenvalue weighted by atomic mass is 19.2. The van der Waals surface area contributed by atoms with Gasteiger partial charge in [0.2, 0.25) is 5.82 Å². The van der Waals surface area contributed by atoms with E-state index >= 15 is 0 Å². The van der Waals surface area contributed by atoms with Crippen LogP contribution in [0.5, 0.6) is 5.75 Å². The quantitative estimate of drug-likeness (QED) is 0.287. The third-order valence-corrected chi connectivity index (χ3v) is 3.19. The Morgan fingerprint density at radius 3 is 2.00 bits per heavy atom. The number of ether oxygens (including phenoxy) is 1. The summed E-state index contributed by atoms with van der Waals surface area (Å²) >= 11 is 0. The molecule has 0 radical (unpaired) electrons. The molecule has 0 fully saturated rings. The van der Waals surface area contributed by atoms with E-state index in [2.05, 4.69) is 5.10 Å². The van der Waals surface area contributed by atoms with Gasteiger partial charge in [0.25, 0.3) is 5.91 Å². The van der Waals surface area contributed by atoms with E-state index in [9.17, 15) is 26.7 Å². The molecule has 138 valence electrons. The van der Waals surface area contributed by atoms with Gasteiger partial charge < -0.3 is 4.74 Å². The SMILES string of the molecule is Cc1cc(C)cc(OCC(=O)N/N=C/c2c(F)c(F)c(F)c(F)c2F)c1. The fourth-order valence-corrected chi connectivity index (χ4v) is 2.10. The predicted octanol–water partition coefficient (Wildman–Crippen LogP) is 3.53. The van der Waals surface area contributed by atoms with Crippen LogP contribution in [-0.2, 0) is 4.79 Å². The maximum absolute atomic E-state index is 13.4. The second-order valence-electron chi connectivity index (χ2n) is 5.39. The van der Waals surface area contributed by atoms with Crippen LogP contribution < -0.4 is 10.2 Å². The first-order valence-electron chi connectivity index (χ1n) is 7.25. The van der Waals surface area contributed by atoms with Gasteiger partial charge in [0.15, 0.2) is 29.9 Å². The Kier molecular flexibility index (Phi) is 5.91. The number of nitrogens with one attached hydrogen (secondary N) is 1. The molecule has 0 unspecified atom stereocenters. The van der Waals surface area contributed by atoms with Crippen molar-refractivity contribution in [3.05, 3.63) is 64.0 Å². The average molecular weight is 372 g/mol. The Morgan fingerprint density at radius 1 is 0.962 bits per heavy atom. The largest absolute Gasteiger partial charge is 0.484 e. The van der Waals surface area contributed by atoms with Crippen LogP contribution in [0.15, 0.2) is 23.3 Å². The molecule has 0 atom stereocenters. The Morgan fingerprint density at radius 2 is 1.46 bits per heavy atom. The molecule has 0 spiro atoms. The maximum Gasteiger partial charge on any atom is 0.277 e. The molecular formula is C17H13F5N2O2. The van der Waals surface area contributed by atoms with Gasteiger partial charge >= 0.3 is 0 Å². The predicted molar refractivity (Wildman–Crippen MR) is 83.4 cm³/mol. The molecule has 0 aliphatic carbocycles. The number of benzene rings is 2. The first-order chi connectivity index (χ1) is 12.2. The lowest BCUT2D eigenvalue weighted by Gasteiger charge is -2.07. The van der Waals surface area contributed by atoms with Crippen LogP contribution >= 0.6 is 0 Å². The summed E-state index contributed by atoms with van der Waals surface area (Å²) < 4.78 is 71.0. The topological polar surface area (TPSA) is 50.7 Å². The summed E-state index contributed by atoms with van der Waals surface area (Å²) in [6.45, 7) is 3.22. The highest BCUT2D eigenvalue weighted by Gasteiger charge is 2.24. The van der Waals surface area contributed by atoms with Crippen molar-refractivity contribution in [2.75, 3.05) is 6.61 Å². The second kappa shape index (κ2) is 7.94. The number of hydrogen-bond donors (Lipinski definition) is 1. The third kappa shape index (κ3) is 4.35. The lowest BCUT2D eigenvalue weighted by atomic mass is 10.1. The van der Waals surface area contributed by atoms with Crippen LogP contribution in [0.1, 0.15) is 16.7 Å². The van der Waals surface area contributed by atoms with Crippen molar-refractivity contribution in [2.24, 2.45) is 5.10 Å². The van der Waals surface area contributed by atoms with Crippen LogP contribution in [0.4, 0.5) is 22.0 Å². The van der Waals surface area contributed by atoms with Crippen LogP contribution in [0, 0.1) is 42.9 Å². The molecule has 0 bridgehead atoms. The molecule has 4 nitrogen and oxygen atoms in total. The molecular weight excluding hydrogens is 359 g/mol. The highest BCUT2D eigenvalue weighted by molar-refractivity contribution is 5.83. The standard InChI is InChI=1S/C17H13F5N2O2/c1-8-3-9(2)5-10(4-8)26-7-12(25)24-23-6-11-13(18)15(20)17(22)16(21)14(11)19/h3-6H,7H2,1-2H3,(H,24,25)/b23-6+. The summed E-state index contributed by atoms with van der Waals surface area (Å²) in [5.74, 6) is -10.9. The van der Waals surface area contributed by atoms with Crippen molar-refractivity contribution in [1.82, 2.24) is 5.43 Å². The maximum atomic E-state index is 13.4. The normalized spacial score (nSPS) is 11.0. The van der Waals surface area contributed by atoms with E-state index in [1.807, 2.05) is 25.3 Å². The summed E-state index contributed by atoms with van der Waals surface area (Å²) in [7, 11) is 0. The average Bonchev–Trinajstić information content (AvgIpc) is 2.58. The smallest absolute Gasteiger partial charge is 0.277 e. The number of carbonyl (C=O) groups is 1. The number of aryl methyl sites for hydroxylation is 2. The van der Waals surface area contributed by atoms with Gasteiger partial charge in [-0.1, -0.05) is 6.07 Å². The van der Waals surface area contributed by atoms with E-state index in [1.54, 1.807) is 12.1 Å². The van der Waals surface area contributed by atoms with E-state index in [4.69, 9.17) is 4.74 Å². The van der Waals surface area contributed by atoms with Gasteiger partial charge in [-0.3, -0.25) is 4.79 Å². The van der Waals surface area contributed by atoms with E-state index in [0.29, 0.717) is 12.0 Å². The van der Waals surface area contributed by atoms with E-state index in [0.717, 1.165) is 11.1 Å². The number of hydrazone groups is 1. The van der Waals surface area contributed by atoms with Crippen molar-refractivity contribution in [3.63, 3.8) is 0 Å². The zero-order chi connectivity index (χ0) is 19.4. The second-order valence-corrected chi connectivity index (χ2v) is 5.39. The molecule has 9 heteroatoms. The number of hydrogen-bond acceptors (Lipinski definition) is 3. The fourth-order valence-electron chi connectivity index (χ4n) is 2.10. The van der Waals surface area contributed by atoms with Crippen molar-refractivity contribution < 1.29 is 31.5 Å². The minimum absolute atomic E-state index is 0.324. The Hall–Kier alpha value is -2.97. The minimum atomic E-state index is -2.27. The van der Waals surface area contributed by atoms with Gasteiger partial charge in [0.05, 0.1) is 11.8 Å². The summed E-state index contributed by atoms with van der Waals surface area (Å²) in [4.78, 5) is 11.6. The first-order valence-corrected chi connectivity index (χ1v) is 7.25. The summed E-state index contributed by atoms with van der Waals surface area (Å²) in [5.41, 5.74) is 2.45. The lowest BCUT2D eigenvalue weighted by molar-refractivity contribution is -0.123. The van der Waals surface area contributed by atoms with Crippen LogP contribution in [0.2, 0.25) is 0 Å². The number of nitrogens with zero attached hydrogens (tertiary/aromatic N) is 1. The monoisotopic (exact) mass is 372 g/mol. The summed E-state index contributed by atoms with van der Waals surface area (Å²) in [6.07, 6.45) is 0.324. The molecule has 0 saturated carbocycles. The fraction of sp³-hybridized carbons (Fsp3) is 0.176. The molecule has 2 rings (SSSR count). The zero-order valence-electron chi connectivity index (χ0n) is 13.7.